The number of hydrogen-bond donors (Lipinski definition) is 1. The maximum absolute atomic E-state index is 11.3. The average Bonchev–Trinajstić information content (AvgIpc) is 2.16. The molecular weight excluding hydrogens is 190 g/mol. The molecule has 0 aromatic rings. The molecule has 0 saturated heterocycles. The lowest BCUT2D eigenvalue weighted by Gasteiger charge is -2.31. The van der Waals surface area contributed by atoms with Crippen LogP contribution in [0.1, 0.15) is 25.7 Å². The Kier molecular flexibility index (Phi) is 3.87. The van der Waals surface area contributed by atoms with Crippen LogP contribution < -0.4 is 5.32 Å². The molecule has 76 valence electrons. The zero-order valence-corrected chi connectivity index (χ0v) is 8.43. The summed E-state index contributed by atoms with van der Waals surface area (Å²) in [5.74, 6) is -0.481. The zero-order valence-electron chi connectivity index (χ0n) is 7.62. The van der Waals surface area contributed by atoms with Crippen molar-refractivity contribution in [2.75, 3.05) is 7.05 Å². The number of nitrogens with one attached hydrogen (secondary N) is 1. The summed E-state index contributed by atoms with van der Waals surface area (Å²) in [6.07, 6.45) is 3.17. The molecule has 1 N–H and O–H groups in total. The van der Waals surface area contributed by atoms with Gasteiger partial charge in [-0.15, -0.1) is 0 Å². The molecule has 3 atom stereocenters. The average molecular weight is 204 g/mol. The molecule has 3 unspecified atom stereocenters. The van der Waals surface area contributed by atoms with Gasteiger partial charge in [-0.2, -0.15) is 0 Å². The molecule has 4 nitrogen and oxygen atoms in total. The molecule has 1 fully saturated rings. The Morgan fingerprint density at radius 2 is 2.08 bits per heavy atom. The van der Waals surface area contributed by atoms with Crippen LogP contribution in [0.5, 0.6) is 0 Å². The summed E-state index contributed by atoms with van der Waals surface area (Å²) in [4.78, 5) is 11.3. The summed E-state index contributed by atoms with van der Waals surface area (Å²) < 4.78 is 21.6. The van der Waals surface area contributed by atoms with Crippen molar-refractivity contribution in [3.8, 4) is 0 Å². The van der Waals surface area contributed by atoms with Gasteiger partial charge < -0.3 is 9.87 Å². The van der Waals surface area contributed by atoms with Gasteiger partial charge in [0, 0.05) is 12.3 Å². The SMILES string of the molecule is CNC(=O)C1CCCCC1S(=O)[O-]. The molecule has 1 amide bonds. The third kappa shape index (κ3) is 2.51. The van der Waals surface area contributed by atoms with Crippen molar-refractivity contribution in [3.63, 3.8) is 0 Å². The van der Waals surface area contributed by atoms with Crippen molar-refractivity contribution in [1.82, 2.24) is 5.32 Å². The van der Waals surface area contributed by atoms with Gasteiger partial charge in [-0.3, -0.25) is 9.00 Å². The number of amides is 1. The molecule has 1 saturated carbocycles. The smallest absolute Gasteiger partial charge is 0.224 e. The fourth-order valence-corrected chi connectivity index (χ4v) is 2.70. The molecule has 1 aliphatic rings. The lowest BCUT2D eigenvalue weighted by Crippen LogP contribution is -2.39. The van der Waals surface area contributed by atoms with Gasteiger partial charge in [-0.1, -0.05) is 23.9 Å². The van der Waals surface area contributed by atoms with Crippen LogP contribution in [-0.2, 0) is 15.9 Å². The van der Waals surface area contributed by atoms with E-state index in [1.807, 2.05) is 0 Å². The highest BCUT2D eigenvalue weighted by Crippen LogP contribution is 2.27. The summed E-state index contributed by atoms with van der Waals surface area (Å²) in [6, 6.07) is 0. The van der Waals surface area contributed by atoms with Crippen molar-refractivity contribution >= 4 is 17.0 Å². The topological polar surface area (TPSA) is 69.2 Å². The van der Waals surface area contributed by atoms with Crippen LogP contribution in [0.4, 0.5) is 0 Å². The fourth-order valence-electron chi connectivity index (χ4n) is 1.81. The minimum atomic E-state index is -2.12. The molecular formula is C8H14NO3S-. The van der Waals surface area contributed by atoms with E-state index >= 15 is 0 Å². The van der Waals surface area contributed by atoms with Crippen LogP contribution in [0, 0.1) is 5.92 Å². The molecule has 0 aliphatic heterocycles. The molecule has 1 aliphatic carbocycles. The van der Waals surface area contributed by atoms with Gasteiger partial charge >= 0.3 is 0 Å². The summed E-state index contributed by atoms with van der Waals surface area (Å²) >= 11 is -2.12. The Morgan fingerprint density at radius 1 is 1.46 bits per heavy atom. The normalized spacial score (nSPS) is 30.9. The standard InChI is InChI=1S/C8H15NO3S/c1-9-8(10)6-4-2-3-5-7(6)13(11)12/h6-7H,2-5H2,1H3,(H,9,10)(H,11,12)/p-1. The van der Waals surface area contributed by atoms with Gasteiger partial charge in [0.1, 0.15) is 0 Å². The number of carbonyl (C=O) groups is 1. The van der Waals surface area contributed by atoms with E-state index in [2.05, 4.69) is 5.32 Å². The van der Waals surface area contributed by atoms with Crippen LogP contribution in [0.15, 0.2) is 0 Å². The maximum atomic E-state index is 11.3. The second-order valence-corrected chi connectivity index (χ2v) is 4.43. The predicted molar refractivity (Wildman–Crippen MR) is 48.7 cm³/mol. The summed E-state index contributed by atoms with van der Waals surface area (Å²) in [6.45, 7) is 0. The van der Waals surface area contributed by atoms with E-state index < -0.39 is 16.3 Å². The zero-order chi connectivity index (χ0) is 9.84. The van der Waals surface area contributed by atoms with E-state index in [1.54, 1.807) is 7.05 Å². The van der Waals surface area contributed by atoms with Gasteiger partial charge in [0.25, 0.3) is 0 Å². The third-order valence-corrected chi connectivity index (χ3v) is 3.59. The second kappa shape index (κ2) is 4.72. The molecule has 0 heterocycles. The molecule has 0 radical (unpaired) electrons. The Hall–Kier alpha value is -0.420. The minimum absolute atomic E-state index is 0.145. The Labute approximate surface area is 80.4 Å². The van der Waals surface area contributed by atoms with Gasteiger partial charge in [0.15, 0.2) is 0 Å². The van der Waals surface area contributed by atoms with Crippen molar-refractivity contribution < 1.29 is 13.6 Å². The predicted octanol–water partition coefficient (Wildman–Crippen LogP) is 0.170. The lowest BCUT2D eigenvalue weighted by atomic mass is 9.88. The first kappa shape index (κ1) is 10.7. The van der Waals surface area contributed by atoms with Gasteiger partial charge in [0.05, 0.1) is 5.92 Å². The van der Waals surface area contributed by atoms with E-state index in [-0.39, 0.29) is 11.8 Å². The first-order chi connectivity index (χ1) is 6.16. The highest BCUT2D eigenvalue weighted by Gasteiger charge is 2.30. The van der Waals surface area contributed by atoms with E-state index in [0.29, 0.717) is 12.8 Å². The monoisotopic (exact) mass is 204 g/mol. The highest BCUT2D eigenvalue weighted by atomic mass is 32.2. The van der Waals surface area contributed by atoms with E-state index in [4.69, 9.17) is 0 Å². The molecule has 5 heteroatoms. The highest BCUT2D eigenvalue weighted by molar-refractivity contribution is 7.79. The first-order valence-corrected chi connectivity index (χ1v) is 5.60. The molecule has 13 heavy (non-hydrogen) atoms. The number of hydrogen-bond acceptors (Lipinski definition) is 3. The summed E-state index contributed by atoms with van der Waals surface area (Å²) in [5.41, 5.74) is 0. The van der Waals surface area contributed by atoms with Crippen LogP contribution in [0.3, 0.4) is 0 Å². The molecule has 0 bridgehead atoms. The van der Waals surface area contributed by atoms with Gasteiger partial charge in [0.2, 0.25) is 5.91 Å². The lowest BCUT2D eigenvalue weighted by molar-refractivity contribution is -0.125. The molecule has 1 rings (SSSR count). The summed E-state index contributed by atoms with van der Waals surface area (Å²) in [5, 5.41) is 2.03. The van der Waals surface area contributed by atoms with Crippen LogP contribution >= 0.6 is 0 Å². The molecule has 0 aromatic carbocycles. The van der Waals surface area contributed by atoms with Crippen LogP contribution in [0.25, 0.3) is 0 Å². The van der Waals surface area contributed by atoms with Crippen molar-refractivity contribution in [1.29, 1.82) is 0 Å². The van der Waals surface area contributed by atoms with Crippen molar-refractivity contribution in [2.24, 2.45) is 5.92 Å². The minimum Gasteiger partial charge on any atom is -0.772 e. The first-order valence-electron chi connectivity index (χ1n) is 4.46. The molecule has 0 aromatic heterocycles. The van der Waals surface area contributed by atoms with Crippen molar-refractivity contribution in [2.45, 2.75) is 30.9 Å². The Balaban J connectivity index is 2.67. The van der Waals surface area contributed by atoms with Crippen molar-refractivity contribution in [3.05, 3.63) is 0 Å². The Bertz CT molecular complexity index is 219. The Morgan fingerprint density at radius 3 is 2.62 bits per heavy atom. The third-order valence-electron chi connectivity index (χ3n) is 2.53. The fraction of sp³-hybridized carbons (Fsp3) is 0.875. The number of rotatable bonds is 2. The summed E-state index contributed by atoms with van der Waals surface area (Å²) in [7, 11) is 1.54. The van der Waals surface area contributed by atoms with E-state index in [1.165, 1.54) is 0 Å². The molecule has 0 spiro atoms. The quantitative estimate of drug-likeness (QED) is 0.652. The number of carbonyl (C=O) groups excluding carboxylic acids is 1. The van der Waals surface area contributed by atoms with E-state index in [9.17, 15) is 13.6 Å². The second-order valence-electron chi connectivity index (χ2n) is 3.30. The van der Waals surface area contributed by atoms with Gasteiger partial charge in [-0.25, -0.2) is 0 Å². The van der Waals surface area contributed by atoms with Gasteiger partial charge in [-0.05, 0) is 12.8 Å². The largest absolute Gasteiger partial charge is 0.772 e. The van der Waals surface area contributed by atoms with Crippen LogP contribution in [0.2, 0.25) is 0 Å². The van der Waals surface area contributed by atoms with E-state index in [0.717, 1.165) is 12.8 Å². The van der Waals surface area contributed by atoms with Crippen LogP contribution in [-0.4, -0.2) is 27.0 Å². The maximum Gasteiger partial charge on any atom is 0.224 e.